The van der Waals surface area contributed by atoms with Gasteiger partial charge in [0.2, 0.25) is 0 Å². The van der Waals surface area contributed by atoms with Gasteiger partial charge >= 0.3 is 0 Å². The predicted octanol–water partition coefficient (Wildman–Crippen LogP) is 2.65. The second-order valence-corrected chi connectivity index (χ2v) is 4.60. The van der Waals surface area contributed by atoms with Gasteiger partial charge in [-0.15, -0.1) is 0 Å². The fraction of sp³-hybridized carbons (Fsp3) is 0.538. The van der Waals surface area contributed by atoms with Crippen molar-refractivity contribution in [2.24, 2.45) is 5.73 Å². The minimum atomic E-state index is -0.844. The van der Waals surface area contributed by atoms with E-state index < -0.39 is 17.2 Å². The van der Waals surface area contributed by atoms with Gasteiger partial charge in [-0.3, -0.25) is 0 Å². The Morgan fingerprint density at radius 1 is 1.29 bits per heavy atom. The average Bonchev–Trinajstić information content (AvgIpc) is 2.23. The van der Waals surface area contributed by atoms with Crippen molar-refractivity contribution in [1.29, 1.82) is 0 Å². The molecule has 0 aliphatic heterocycles. The predicted molar refractivity (Wildman–Crippen MR) is 63.7 cm³/mol. The summed E-state index contributed by atoms with van der Waals surface area (Å²) < 4.78 is 31.3. The second kappa shape index (κ2) is 5.56. The van der Waals surface area contributed by atoms with Gasteiger partial charge < -0.3 is 10.5 Å². The van der Waals surface area contributed by atoms with Crippen LogP contribution < -0.4 is 5.73 Å². The van der Waals surface area contributed by atoms with E-state index in [1.807, 2.05) is 20.8 Å². The van der Waals surface area contributed by atoms with Gasteiger partial charge in [-0.2, -0.15) is 0 Å². The quantitative estimate of drug-likeness (QED) is 0.862. The fourth-order valence-corrected chi connectivity index (χ4v) is 1.65. The van der Waals surface area contributed by atoms with Gasteiger partial charge in [0.1, 0.15) is 0 Å². The summed E-state index contributed by atoms with van der Waals surface area (Å²) in [5.41, 5.74) is 6.20. The van der Waals surface area contributed by atoms with Crippen LogP contribution in [0.25, 0.3) is 0 Å². The molecule has 0 heterocycles. The Morgan fingerprint density at radius 3 is 2.47 bits per heavy atom. The molecular formula is C13H19F2NO. The van der Waals surface area contributed by atoms with Crippen LogP contribution in [0, 0.1) is 11.6 Å². The minimum Gasteiger partial charge on any atom is -0.374 e. The number of rotatable bonds is 5. The highest BCUT2D eigenvalue weighted by molar-refractivity contribution is 5.19. The van der Waals surface area contributed by atoms with Crippen LogP contribution in [-0.4, -0.2) is 18.2 Å². The molecule has 0 bridgehead atoms. The summed E-state index contributed by atoms with van der Waals surface area (Å²) in [6.45, 7) is 6.24. The highest BCUT2D eigenvalue weighted by Gasteiger charge is 2.26. The monoisotopic (exact) mass is 243 g/mol. The van der Waals surface area contributed by atoms with Gasteiger partial charge in [0, 0.05) is 12.6 Å². The zero-order valence-electron chi connectivity index (χ0n) is 10.5. The molecule has 0 aromatic heterocycles. The van der Waals surface area contributed by atoms with Crippen LogP contribution in [-0.2, 0) is 11.2 Å². The lowest BCUT2D eigenvalue weighted by molar-refractivity contribution is -0.0288. The Kier molecular flexibility index (Phi) is 4.60. The lowest BCUT2D eigenvalue weighted by Crippen LogP contribution is -2.46. The van der Waals surface area contributed by atoms with Gasteiger partial charge in [0.15, 0.2) is 11.6 Å². The first-order valence-electron chi connectivity index (χ1n) is 5.70. The molecule has 0 saturated heterocycles. The number of hydrogen-bond acceptors (Lipinski definition) is 2. The van der Waals surface area contributed by atoms with E-state index in [0.29, 0.717) is 18.6 Å². The molecule has 17 heavy (non-hydrogen) atoms. The molecule has 0 spiro atoms. The third kappa shape index (κ3) is 3.75. The van der Waals surface area contributed by atoms with Crippen LogP contribution in [0.3, 0.4) is 0 Å². The molecule has 1 aromatic carbocycles. The summed E-state index contributed by atoms with van der Waals surface area (Å²) in [4.78, 5) is 0. The molecular weight excluding hydrogens is 224 g/mol. The van der Waals surface area contributed by atoms with Crippen LogP contribution in [0.4, 0.5) is 8.78 Å². The number of ether oxygens (including phenoxy) is 1. The second-order valence-electron chi connectivity index (χ2n) is 4.60. The summed E-state index contributed by atoms with van der Waals surface area (Å²) in [6, 6.07) is 3.56. The molecule has 0 radical (unpaired) electrons. The summed E-state index contributed by atoms with van der Waals surface area (Å²) in [5.74, 6) is -1.68. The van der Waals surface area contributed by atoms with Crippen molar-refractivity contribution < 1.29 is 13.5 Å². The largest absolute Gasteiger partial charge is 0.374 e. The van der Waals surface area contributed by atoms with Crippen LogP contribution in [0.5, 0.6) is 0 Å². The maximum atomic E-state index is 13.0. The van der Waals surface area contributed by atoms with Crippen molar-refractivity contribution in [2.45, 2.75) is 38.8 Å². The standard InChI is InChI=1S/C13H19F2NO/c1-4-17-13(2,3)12(16)8-9-5-6-10(14)11(15)7-9/h5-7,12H,4,8,16H2,1-3H3. The van der Waals surface area contributed by atoms with Crippen molar-refractivity contribution in [3.05, 3.63) is 35.4 Å². The molecule has 1 unspecified atom stereocenters. The van der Waals surface area contributed by atoms with E-state index in [2.05, 4.69) is 0 Å². The molecule has 0 saturated carbocycles. The molecule has 4 heteroatoms. The van der Waals surface area contributed by atoms with E-state index in [4.69, 9.17) is 10.5 Å². The maximum Gasteiger partial charge on any atom is 0.159 e. The van der Waals surface area contributed by atoms with Crippen molar-refractivity contribution in [3.8, 4) is 0 Å². The van der Waals surface area contributed by atoms with Gasteiger partial charge in [-0.1, -0.05) is 6.07 Å². The highest BCUT2D eigenvalue weighted by Crippen LogP contribution is 2.18. The topological polar surface area (TPSA) is 35.2 Å². The third-order valence-electron chi connectivity index (χ3n) is 2.85. The van der Waals surface area contributed by atoms with Crippen molar-refractivity contribution in [2.75, 3.05) is 6.61 Å². The Bertz CT molecular complexity index is 380. The Morgan fingerprint density at radius 2 is 1.94 bits per heavy atom. The Balaban J connectivity index is 2.73. The minimum absolute atomic E-state index is 0.271. The molecule has 0 aliphatic carbocycles. The average molecular weight is 243 g/mol. The fourth-order valence-electron chi connectivity index (χ4n) is 1.65. The lowest BCUT2D eigenvalue weighted by atomic mass is 9.93. The van der Waals surface area contributed by atoms with Crippen molar-refractivity contribution in [1.82, 2.24) is 0 Å². The normalized spacial score (nSPS) is 13.8. The van der Waals surface area contributed by atoms with Crippen LogP contribution in [0.1, 0.15) is 26.3 Å². The first-order chi connectivity index (χ1) is 7.86. The molecule has 2 nitrogen and oxygen atoms in total. The Labute approximate surface area is 101 Å². The van der Waals surface area contributed by atoms with Crippen LogP contribution >= 0.6 is 0 Å². The van der Waals surface area contributed by atoms with E-state index in [0.717, 1.165) is 6.07 Å². The van der Waals surface area contributed by atoms with Crippen LogP contribution in [0.15, 0.2) is 18.2 Å². The first kappa shape index (κ1) is 14.1. The molecule has 1 atom stereocenters. The highest BCUT2D eigenvalue weighted by atomic mass is 19.2. The zero-order chi connectivity index (χ0) is 13.1. The lowest BCUT2D eigenvalue weighted by Gasteiger charge is -2.31. The number of benzene rings is 1. The van der Waals surface area contributed by atoms with E-state index in [1.165, 1.54) is 6.07 Å². The number of hydrogen-bond donors (Lipinski definition) is 1. The smallest absolute Gasteiger partial charge is 0.159 e. The number of halogens is 2. The molecule has 1 rings (SSSR count). The molecule has 1 aromatic rings. The Hall–Kier alpha value is -1.00. The SMILES string of the molecule is CCOC(C)(C)C(N)Cc1ccc(F)c(F)c1. The number of nitrogens with two attached hydrogens (primary N) is 1. The van der Waals surface area contributed by atoms with Crippen molar-refractivity contribution >= 4 is 0 Å². The third-order valence-corrected chi connectivity index (χ3v) is 2.85. The molecule has 0 amide bonds. The van der Waals surface area contributed by atoms with Gasteiger partial charge in [0.05, 0.1) is 5.60 Å². The van der Waals surface area contributed by atoms with Crippen molar-refractivity contribution in [3.63, 3.8) is 0 Å². The molecule has 0 aliphatic rings. The van der Waals surface area contributed by atoms with Gasteiger partial charge in [0.25, 0.3) is 0 Å². The van der Waals surface area contributed by atoms with E-state index in [9.17, 15) is 8.78 Å². The summed E-state index contributed by atoms with van der Waals surface area (Å²) in [7, 11) is 0. The van der Waals surface area contributed by atoms with E-state index >= 15 is 0 Å². The van der Waals surface area contributed by atoms with Gasteiger partial charge in [-0.25, -0.2) is 8.78 Å². The molecule has 96 valence electrons. The molecule has 2 N–H and O–H groups in total. The maximum absolute atomic E-state index is 13.0. The first-order valence-corrected chi connectivity index (χ1v) is 5.70. The molecule has 0 fully saturated rings. The summed E-state index contributed by atoms with van der Waals surface area (Å²) >= 11 is 0. The summed E-state index contributed by atoms with van der Waals surface area (Å²) in [6.07, 6.45) is 0.449. The summed E-state index contributed by atoms with van der Waals surface area (Å²) in [5, 5.41) is 0. The van der Waals surface area contributed by atoms with Gasteiger partial charge in [-0.05, 0) is 44.9 Å². The van der Waals surface area contributed by atoms with Crippen LogP contribution in [0.2, 0.25) is 0 Å². The van der Waals surface area contributed by atoms with E-state index in [1.54, 1.807) is 6.07 Å². The zero-order valence-corrected chi connectivity index (χ0v) is 10.5. The van der Waals surface area contributed by atoms with E-state index in [-0.39, 0.29) is 6.04 Å².